The lowest BCUT2D eigenvalue weighted by Crippen LogP contribution is -2.27. The third kappa shape index (κ3) is 4.34. The monoisotopic (exact) mass is 380 g/mol. The Morgan fingerprint density at radius 2 is 1.71 bits per heavy atom. The van der Waals surface area contributed by atoms with Crippen LogP contribution >= 0.6 is 0 Å². The number of fused-ring (bicyclic) bond motifs is 1. The molecule has 0 radical (unpaired) electrons. The Morgan fingerprint density at radius 1 is 1.04 bits per heavy atom. The summed E-state index contributed by atoms with van der Waals surface area (Å²) in [5.41, 5.74) is 3.25. The number of hydrogen-bond acceptors (Lipinski definition) is 4. The van der Waals surface area contributed by atoms with Gasteiger partial charge in [0.25, 0.3) is 0 Å². The van der Waals surface area contributed by atoms with Crippen molar-refractivity contribution >= 4 is 28.7 Å². The van der Waals surface area contributed by atoms with Gasteiger partial charge in [-0.2, -0.15) is 0 Å². The largest absolute Gasteiger partial charge is 0.469 e. The van der Waals surface area contributed by atoms with Crippen molar-refractivity contribution in [3.8, 4) is 11.3 Å². The van der Waals surface area contributed by atoms with Gasteiger partial charge in [-0.1, -0.05) is 36.4 Å². The SMILES string of the molecule is COC(=O)Cc1c(-c2ccccc2NC(=O)OC(C)(C)C)[nH]c2ccccc12. The number of methoxy groups -OCH3 is 1. The molecule has 3 rings (SSSR count). The summed E-state index contributed by atoms with van der Waals surface area (Å²) in [7, 11) is 1.37. The number of anilines is 1. The lowest BCUT2D eigenvalue weighted by Gasteiger charge is -2.20. The van der Waals surface area contributed by atoms with Crippen LogP contribution in [0.5, 0.6) is 0 Å². The Labute approximate surface area is 163 Å². The van der Waals surface area contributed by atoms with Crippen LogP contribution in [0.1, 0.15) is 26.3 Å². The fourth-order valence-corrected chi connectivity index (χ4v) is 3.05. The second-order valence-corrected chi connectivity index (χ2v) is 7.45. The molecule has 0 spiro atoms. The molecule has 1 amide bonds. The van der Waals surface area contributed by atoms with E-state index in [0.29, 0.717) is 5.69 Å². The highest BCUT2D eigenvalue weighted by Gasteiger charge is 2.21. The maximum Gasteiger partial charge on any atom is 0.412 e. The van der Waals surface area contributed by atoms with E-state index < -0.39 is 11.7 Å². The zero-order valence-electron chi connectivity index (χ0n) is 16.5. The first-order valence-electron chi connectivity index (χ1n) is 9.04. The van der Waals surface area contributed by atoms with Crippen LogP contribution < -0.4 is 5.32 Å². The van der Waals surface area contributed by atoms with Crippen molar-refractivity contribution in [3.63, 3.8) is 0 Å². The van der Waals surface area contributed by atoms with E-state index >= 15 is 0 Å². The summed E-state index contributed by atoms with van der Waals surface area (Å²) in [5.74, 6) is -0.330. The quantitative estimate of drug-likeness (QED) is 0.631. The average Bonchev–Trinajstić information content (AvgIpc) is 2.99. The van der Waals surface area contributed by atoms with Gasteiger partial charge in [-0.15, -0.1) is 0 Å². The summed E-state index contributed by atoms with van der Waals surface area (Å²) in [4.78, 5) is 27.6. The Kier molecular flexibility index (Phi) is 5.40. The van der Waals surface area contributed by atoms with Gasteiger partial charge >= 0.3 is 12.1 Å². The molecule has 0 aliphatic carbocycles. The van der Waals surface area contributed by atoms with Crippen molar-refractivity contribution in [3.05, 3.63) is 54.1 Å². The van der Waals surface area contributed by atoms with Crippen LogP contribution in [-0.4, -0.2) is 29.8 Å². The van der Waals surface area contributed by atoms with Crippen LogP contribution in [0.4, 0.5) is 10.5 Å². The molecular formula is C22H24N2O4. The number of nitrogens with one attached hydrogen (secondary N) is 2. The number of esters is 1. The van der Waals surface area contributed by atoms with E-state index in [-0.39, 0.29) is 12.4 Å². The van der Waals surface area contributed by atoms with Crippen molar-refractivity contribution in [2.24, 2.45) is 0 Å². The van der Waals surface area contributed by atoms with Crippen LogP contribution in [0.25, 0.3) is 22.2 Å². The first-order valence-corrected chi connectivity index (χ1v) is 9.04. The number of benzene rings is 2. The van der Waals surface area contributed by atoms with Crippen molar-refractivity contribution in [1.29, 1.82) is 0 Å². The van der Waals surface area contributed by atoms with E-state index in [4.69, 9.17) is 9.47 Å². The molecule has 3 aromatic rings. The Balaban J connectivity index is 2.06. The van der Waals surface area contributed by atoms with Crippen LogP contribution in [0.15, 0.2) is 48.5 Å². The average molecular weight is 380 g/mol. The number of hydrogen-bond donors (Lipinski definition) is 2. The maximum atomic E-state index is 12.3. The van der Waals surface area contributed by atoms with Crippen molar-refractivity contribution in [1.82, 2.24) is 4.98 Å². The molecule has 2 N–H and O–H groups in total. The first kappa shape index (κ1) is 19.5. The number of carbonyl (C=O) groups excluding carboxylic acids is 2. The molecule has 146 valence electrons. The normalized spacial score (nSPS) is 11.3. The molecule has 1 heterocycles. The van der Waals surface area contributed by atoms with Gasteiger partial charge in [0, 0.05) is 16.5 Å². The molecule has 2 aromatic carbocycles. The molecule has 0 aliphatic rings. The third-order valence-electron chi connectivity index (χ3n) is 4.19. The lowest BCUT2D eigenvalue weighted by atomic mass is 10.0. The van der Waals surface area contributed by atoms with Gasteiger partial charge in [-0.05, 0) is 38.5 Å². The van der Waals surface area contributed by atoms with E-state index in [1.165, 1.54) is 7.11 Å². The smallest absolute Gasteiger partial charge is 0.412 e. The zero-order valence-corrected chi connectivity index (χ0v) is 16.5. The fraction of sp³-hybridized carbons (Fsp3) is 0.273. The number of aromatic nitrogens is 1. The number of H-pyrrole nitrogens is 1. The van der Waals surface area contributed by atoms with E-state index in [1.54, 1.807) is 6.07 Å². The number of carbonyl (C=O) groups is 2. The molecule has 28 heavy (non-hydrogen) atoms. The van der Waals surface area contributed by atoms with E-state index in [2.05, 4.69) is 10.3 Å². The Hall–Kier alpha value is -3.28. The Bertz CT molecular complexity index is 1010. The molecule has 6 nitrogen and oxygen atoms in total. The number of amides is 1. The second kappa shape index (κ2) is 7.76. The van der Waals surface area contributed by atoms with E-state index in [9.17, 15) is 9.59 Å². The molecule has 6 heteroatoms. The van der Waals surface area contributed by atoms with Gasteiger partial charge in [-0.3, -0.25) is 10.1 Å². The van der Waals surface area contributed by atoms with Gasteiger partial charge < -0.3 is 14.5 Å². The standard InChI is InChI=1S/C22H24N2O4/c1-22(2,3)28-21(26)24-18-12-8-6-10-15(18)20-16(13-19(25)27-4)14-9-5-7-11-17(14)23-20/h5-12,23H,13H2,1-4H3,(H,24,26). The predicted molar refractivity (Wildman–Crippen MR) is 109 cm³/mol. The lowest BCUT2D eigenvalue weighted by molar-refractivity contribution is -0.139. The van der Waals surface area contributed by atoms with Crippen LogP contribution in [0.2, 0.25) is 0 Å². The van der Waals surface area contributed by atoms with Crippen molar-refractivity contribution < 1.29 is 19.1 Å². The molecule has 0 fully saturated rings. The second-order valence-electron chi connectivity index (χ2n) is 7.45. The van der Waals surface area contributed by atoms with Gasteiger partial charge in [-0.25, -0.2) is 4.79 Å². The summed E-state index contributed by atoms with van der Waals surface area (Å²) >= 11 is 0. The van der Waals surface area contributed by atoms with E-state index in [0.717, 1.165) is 27.7 Å². The molecule has 0 aliphatic heterocycles. The summed E-state index contributed by atoms with van der Waals surface area (Å²) in [6.07, 6.45) is -0.415. The number of aromatic amines is 1. The highest BCUT2D eigenvalue weighted by molar-refractivity contribution is 5.98. The third-order valence-corrected chi connectivity index (χ3v) is 4.19. The van der Waals surface area contributed by atoms with Crippen molar-refractivity contribution in [2.45, 2.75) is 32.8 Å². The van der Waals surface area contributed by atoms with Gasteiger partial charge in [0.2, 0.25) is 0 Å². The predicted octanol–water partition coefficient (Wildman–Crippen LogP) is 4.90. The fourth-order valence-electron chi connectivity index (χ4n) is 3.05. The minimum Gasteiger partial charge on any atom is -0.469 e. The van der Waals surface area contributed by atoms with Gasteiger partial charge in [0.1, 0.15) is 5.60 Å². The van der Waals surface area contributed by atoms with Crippen LogP contribution in [-0.2, 0) is 20.7 Å². The highest BCUT2D eigenvalue weighted by atomic mass is 16.6. The van der Waals surface area contributed by atoms with Crippen molar-refractivity contribution in [2.75, 3.05) is 12.4 Å². The van der Waals surface area contributed by atoms with Gasteiger partial charge in [0.15, 0.2) is 0 Å². The molecule has 0 saturated heterocycles. The number of rotatable bonds is 4. The topological polar surface area (TPSA) is 80.4 Å². The molecule has 0 bridgehead atoms. The first-order chi connectivity index (χ1) is 13.3. The number of para-hydroxylation sites is 2. The summed E-state index contributed by atoms with van der Waals surface area (Å²) in [6, 6.07) is 15.1. The minimum absolute atomic E-state index is 0.122. The van der Waals surface area contributed by atoms with Crippen LogP contribution in [0.3, 0.4) is 0 Å². The summed E-state index contributed by atoms with van der Waals surface area (Å²) in [5, 5.41) is 3.75. The van der Waals surface area contributed by atoms with E-state index in [1.807, 2.05) is 63.2 Å². The molecule has 0 unspecified atom stereocenters. The molecule has 0 atom stereocenters. The molecule has 1 aromatic heterocycles. The van der Waals surface area contributed by atoms with Crippen LogP contribution in [0, 0.1) is 0 Å². The van der Waals surface area contributed by atoms with Gasteiger partial charge in [0.05, 0.1) is 24.9 Å². The molecular weight excluding hydrogens is 356 g/mol. The summed E-state index contributed by atoms with van der Waals surface area (Å²) < 4.78 is 10.2. The molecule has 0 saturated carbocycles. The summed E-state index contributed by atoms with van der Waals surface area (Å²) in [6.45, 7) is 5.43. The zero-order chi connectivity index (χ0) is 20.3. The Morgan fingerprint density at radius 3 is 2.43 bits per heavy atom. The minimum atomic E-state index is -0.601. The number of ether oxygens (including phenoxy) is 2. The highest BCUT2D eigenvalue weighted by Crippen LogP contribution is 2.35. The maximum absolute atomic E-state index is 12.3.